The van der Waals surface area contributed by atoms with E-state index in [2.05, 4.69) is 28.7 Å². The lowest BCUT2D eigenvalue weighted by molar-refractivity contribution is -0.0625. The molecular weight excluding hydrogens is 449 g/mol. The number of hydrogen-bond acceptors (Lipinski definition) is 8. The van der Waals surface area contributed by atoms with Crippen LogP contribution in [0.25, 0.3) is 0 Å². The van der Waals surface area contributed by atoms with Gasteiger partial charge in [-0.15, -0.1) is 0 Å². The van der Waals surface area contributed by atoms with Crippen LogP contribution in [0.1, 0.15) is 31.6 Å². The number of ether oxygens (including phenoxy) is 2. The summed E-state index contributed by atoms with van der Waals surface area (Å²) in [5.74, 6) is 0. The highest BCUT2D eigenvalue weighted by Gasteiger charge is 2.57. The maximum Gasteiger partial charge on any atom is 0.330 e. The first kappa shape index (κ1) is 22.9. The molecule has 1 aromatic carbocycles. The Labute approximate surface area is 192 Å². The molecule has 2 N–H and O–H groups in total. The number of methoxy groups -OCH3 is 1. The van der Waals surface area contributed by atoms with Gasteiger partial charge in [-0.05, 0) is 25.3 Å². The predicted molar refractivity (Wildman–Crippen MR) is 120 cm³/mol. The van der Waals surface area contributed by atoms with Crippen molar-refractivity contribution in [3.8, 4) is 0 Å². The van der Waals surface area contributed by atoms with Crippen molar-refractivity contribution < 1.29 is 23.6 Å². The molecule has 11 heteroatoms. The van der Waals surface area contributed by atoms with E-state index < -0.39 is 49.9 Å². The molecule has 33 heavy (non-hydrogen) atoms. The molecule has 10 nitrogen and oxygen atoms in total. The van der Waals surface area contributed by atoms with Crippen LogP contribution in [0.3, 0.4) is 0 Å². The number of aliphatic hydroxyl groups is 1. The summed E-state index contributed by atoms with van der Waals surface area (Å²) in [5.41, 5.74) is -0.545. The van der Waals surface area contributed by atoms with Crippen LogP contribution in [0.5, 0.6) is 0 Å². The van der Waals surface area contributed by atoms with Gasteiger partial charge >= 0.3 is 5.69 Å². The Balaban J connectivity index is 1.43. The fraction of sp³-hybridized carbons (Fsp3) is 0.545. The Morgan fingerprint density at radius 1 is 1.24 bits per heavy atom. The molecule has 1 aromatic heterocycles. The molecule has 3 saturated heterocycles. The quantitative estimate of drug-likeness (QED) is 0.601. The number of aromatic nitrogens is 2. The van der Waals surface area contributed by atoms with Gasteiger partial charge in [-0.25, -0.2) is 9.46 Å². The molecule has 5 rings (SSSR count). The van der Waals surface area contributed by atoms with Crippen LogP contribution in [0.15, 0.2) is 52.2 Å². The summed E-state index contributed by atoms with van der Waals surface area (Å²) in [6.07, 6.45) is 0.446. The number of fused-ring (bicyclic) bond motifs is 1. The van der Waals surface area contributed by atoms with Gasteiger partial charge in [-0.1, -0.05) is 30.3 Å². The molecular formula is C22H28N3O7P. The van der Waals surface area contributed by atoms with E-state index >= 15 is 0 Å². The fourth-order valence-corrected chi connectivity index (χ4v) is 7.22. The Morgan fingerprint density at radius 3 is 2.73 bits per heavy atom. The standard InChI is InChI=1S/C22H28N3O7P/c1-22(14-7-4-3-5-8-14)16-9-6-11-25(16)33(32-22)31-18-15(13-26)30-20(19(18)29-2)24-12-10-17(27)23-21(24)28/h3-5,7-8,10,12,15-16,18-20,26H,6,9,11,13H2,1-2H3,(H,23,27,28)/t15-,16+,18?,19+,20-,22-,33+/m1/s1. The minimum absolute atomic E-state index is 0.180. The predicted octanol–water partition coefficient (Wildman–Crippen LogP) is 1.46. The third-order valence-electron chi connectivity index (χ3n) is 6.76. The first-order valence-corrected chi connectivity index (χ1v) is 12.2. The fourth-order valence-electron chi connectivity index (χ4n) is 5.07. The maximum absolute atomic E-state index is 12.4. The Bertz CT molecular complexity index is 1100. The number of nitrogens with one attached hydrogen (secondary N) is 1. The van der Waals surface area contributed by atoms with Crippen molar-refractivity contribution in [2.24, 2.45) is 0 Å². The van der Waals surface area contributed by atoms with Crippen molar-refractivity contribution in [2.75, 3.05) is 20.3 Å². The van der Waals surface area contributed by atoms with Crippen LogP contribution >= 0.6 is 8.53 Å². The van der Waals surface area contributed by atoms with Crippen molar-refractivity contribution in [2.45, 2.75) is 55.9 Å². The largest absolute Gasteiger partial charge is 0.394 e. The first-order valence-electron chi connectivity index (χ1n) is 11.0. The number of H-pyrrole nitrogens is 1. The zero-order chi connectivity index (χ0) is 23.2. The molecule has 0 aliphatic carbocycles. The van der Waals surface area contributed by atoms with Gasteiger partial charge in [0.2, 0.25) is 0 Å². The smallest absolute Gasteiger partial charge is 0.330 e. The Kier molecular flexibility index (Phi) is 6.26. The molecule has 0 amide bonds. The van der Waals surface area contributed by atoms with Crippen LogP contribution in [0, 0.1) is 0 Å². The molecule has 3 aliphatic heterocycles. The Morgan fingerprint density at radius 2 is 2.03 bits per heavy atom. The van der Waals surface area contributed by atoms with Gasteiger partial charge in [0.1, 0.15) is 23.9 Å². The van der Waals surface area contributed by atoms with E-state index in [-0.39, 0.29) is 12.6 Å². The number of aliphatic hydroxyl groups excluding tert-OH is 1. The average Bonchev–Trinajstić information content (AvgIpc) is 3.50. The van der Waals surface area contributed by atoms with Crippen LogP contribution < -0.4 is 11.2 Å². The highest BCUT2D eigenvalue weighted by atomic mass is 31.2. The number of nitrogens with zero attached hydrogens (tertiary/aromatic N) is 2. The van der Waals surface area contributed by atoms with E-state index in [0.717, 1.165) is 24.9 Å². The van der Waals surface area contributed by atoms with E-state index in [0.29, 0.717) is 0 Å². The average molecular weight is 477 g/mol. The maximum atomic E-state index is 12.4. The van der Waals surface area contributed by atoms with Crippen molar-refractivity contribution in [3.63, 3.8) is 0 Å². The zero-order valence-electron chi connectivity index (χ0n) is 18.5. The van der Waals surface area contributed by atoms with Crippen molar-refractivity contribution in [1.82, 2.24) is 14.2 Å². The minimum atomic E-state index is -1.46. The van der Waals surface area contributed by atoms with E-state index in [1.54, 1.807) is 0 Å². The van der Waals surface area contributed by atoms with Crippen LogP contribution in [0.4, 0.5) is 0 Å². The van der Waals surface area contributed by atoms with E-state index in [1.807, 2.05) is 18.2 Å². The molecule has 178 valence electrons. The number of aromatic amines is 1. The zero-order valence-corrected chi connectivity index (χ0v) is 19.4. The van der Waals surface area contributed by atoms with Gasteiger partial charge in [0, 0.05) is 25.9 Å². The van der Waals surface area contributed by atoms with Gasteiger partial charge in [0.05, 0.1) is 12.6 Å². The van der Waals surface area contributed by atoms with Crippen LogP contribution in [0.2, 0.25) is 0 Å². The number of hydrogen-bond donors (Lipinski definition) is 2. The second-order valence-electron chi connectivity index (χ2n) is 8.66. The lowest BCUT2D eigenvalue weighted by Crippen LogP contribution is -2.40. The summed E-state index contributed by atoms with van der Waals surface area (Å²) < 4.78 is 28.3. The molecule has 0 radical (unpaired) electrons. The summed E-state index contributed by atoms with van der Waals surface area (Å²) in [7, 11) is 0.0469. The molecule has 2 aromatic rings. The van der Waals surface area contributed by atoms with E-state index in [1.165, 1.54) is 23.9 Å². The Hall–Kier alpha value is -1.91. The van der Waals surface area contributed by atoms with Gasteiger partial charge in [-0.2, -0.15) is 0 Å². The van der Waals surface area contributed by atoms with Crippen molar-refractivity contribution in [1.29, 1.82) is 0 Å². The van der Waals surface area contributed by atoms with Crippen LogP contribution in [-0.2, 0) is 24.1 Å². The van der Waals surface area contributed by atoms with Crippen molar-refractivity contribution >= 4 is 8.53 Å². The second kappa shape index (κ2) is 9.03. The third-order valence-corrected chi connectivity index (χ3v) is 8.62. The minimum Gasteiger partial charge on any atom is -0.394 e. The summed E-state index contributed by atoms with van der Waals surface area (Å²) in [6.45, 7) is 2.64. The molecule has 0 bridgehead atoms. The second-order valence-corrected chi connectivity index (χ2v) is 10.0. The lowest BCUT2D eigenvalue weighted by atomic mass is 9.87. The monoisotopic (exact) mass is 477 g/mol. The van der Waals surface area contributed by atoms with E-state index in [9.17, 15) is 14.7 Å². The van der Waals surface area contributed by atoms with E-state index in [4.69, 9.17) is 18.5 Å². The van der Waals surface area contributed by atoms with Gasteiger partial charge in [-0.3, -0.25) is 14.3 Å². The lowest BCUT2D eigenvalue weighted by Gasteiger charge is -2.29. The summed E-state index contributed by atoms with van der Waals surface area (Å²) in [6, 6.07) is 11.6. The topological polar surface area (TPSA) is 115 Å². The molecule has 1 unspecified atom stereocenters. The van der Waals surface area contributed by atoms with Crippen molar-refractivity contribution in [3.05, 3.63) is 69.0 Å². The van der Waals surface area contributed by atoms with Gasteiger partial charge < -0.3 is 23.6 Å². The van der Waals surface area contributed by atoms with Gasteiger partial charge in [0.15, 0.2) is 6.23 Å². The normalized spacial score (nSPS) is 36.3. The first-order chi connectivity index (χ1) is 16.0. The van der Waals surface area contributed by atoms with Gasteiger partial charge in [0.25, 0.3) is 14.1 Å². The number of benzene rings is 1. The summed E-state index contributed by atoms with van der Waals surface area (Å²) >= 11 is 0. The van der Waals surface area contributed by atoms with Crippen LogP contribution in [-0.4, -0.2) is 63.9 Å². The molecule has 0 spiro atoms. The molecule has 3 aliphatic rings. The third kappa shape index (κ3) is 3.89. The highest BCUT2D eigenvalue weighted by molar-refractivity contribution is 7.45. The summed E-state index contributed by atoms with van der Waals surface area (Å²) in [5, 5.41) is 10.0. The molecule has 7 atom stereocenters. The summed E-state index contributed by atoms with van der Waals surface area (Å²) in [4.78, 5) is 26.1. The highest BCUT2D eigenvalue weighted by Crippen LogP contribution is 2.64. The SMILES string of the molecule is CO[C@H]1C(O[P@@]2O[C@](C)(c3ccccc3)[C@@H]3CCCN32)[C@@H](CO)O[C@H]1n1ccc(=O)[nH]c1=O. The molecule has 4 heterocycles. The number of rotatable bonds is 6. The molecule has 0 saturated carbocycles. The molecule has 3 fully saturated rings.